The SMILES string of the molecule is I.NC(=NCCCOc1ncc(C(F)(F)F)cc1Cl)NCCc1cccs1. The van der Waals surface area contributed by atoms with Crippen LogP contribution < -0.4 is 15.8 Å². The van der Waals surface area contributed by atoms with Crippen LogP contribution in [0.4, 0.5) is 13.2 Å². The van der Waals surface area contributed by atoms with Crippen LogP contribution in [0.25, 0.3) is 0 Å². The van der Waals surface area contributed by atoms with Crippen LogP contribution in [0, 0.1) is 0 Å². The number of nitrogens with two attached hydrogens (primary N) is 1. The average Bonchev–Trinajstić information content (AvgIpc) is 3.08. The van der Waals surface area contributed by atoms with Gasteiger partial charge < -0.3 is 15.8 Å². The van der Waals surface area contributed by atoms with Crippen LogP contribution >= 0.6 is 46.9 Å². The number of rotatable bonds is 8. The fourth-order valence-corrected chi connectivity index (χ4v) is 2.87. The number of nitrogens with zero attached hydrogens (tertiary/aromatic N) is 2. The average molecular weight is 535 g/mol. The molecule has 2 heterocycles. The first-order chi connectivity index (χ1) is 12.4. The van der Waals surface area contributed by atoms with Crippen molar-refractivity contribution in [3.05, 3.63) is 45.2 Å². The van der Waals surface area contributed by atoms with E-state index in [0.29, 0.717) is 31.7 Å². The summed E-state index contributed by atoms with van der Waals surface area (Å²) >= 11 is 7.44. The molecule has 0 aromatic carbocycles. The molecule has 0 aliphatic rings. The van der Waals surface area contributed by atoms with Crippen LogP contribution in [0.2, 0.25) is 5.02 Å². The van der Waals surface area contributed by atoms with E-state index in [9.17, 15) is 13.2 Å². The zero-order valence-electron chi connectivity index (χ0n) is 14.1. The maximum Gasteiger partial charge on any atom is 0.417 e. The molecule has 5 nitrogen and oxygen atoms in total. The highest BCUT2D eigenvalue weighted by Crippen LogP contribution is 2.33. The van der Waals surface area contributed by atoms with Gasteiger partial charge in [0.2, 0.25) is 5.88 Å². The van der Waals surface area contributed by atoms with Crippen molar-refractivity contribution in [2.45, 2.75) is 19.0 Å². The Labute approximate surface area is 181 Å². The van der Waals surface area contributed by atoms with Crippen molar-refractivity contribution in [2.24, 2.45) is 10.7 Å². The quantitative estimate of drug-likeness (QED) is 0.229. The van der Waals surface area contributed by atoms with Gasteiger partial charge in [0.05, 0.1) is 12.2 Å². The van der Waals surface area contributed by atoms with Gasteiger partial charge in [0.15, 0.2) is 5.96 Å². The lowest BCUT2D eigenvalue weighted by atomic mass is 10.3. The standard InChI is InChI=1S/C16H18ClF3N4OS.HI/c17-13-9-11(16(18,19)20)10-24-14(13)25-7-2-5-22-15(21)23-6-4-12-3-1-8-26-12;/h1,3,8-10H,2,4-7H2,(H3,21,22,23);1H. The fourth-order valence-electron chi connectivity index (χ4n) is 1.94. The maximum atomic E-state index is 12.5. The molecular weight excluding hydrogens is 516 g/mol. The monoisotopic (exact) mass is 534 g/mol. The summed E-state index contributed by atoms with van der Waals surface area (Å²) in [6, 6.07) is 4.84. The van der Waals surface area contributed by atoms with Crippen molar-refractivity contribution < 1.29 is 17.9 Å². The molecule has 0 aliphatic carbocycles. The van der Waals surface area contributed by atoms with E-state index in [0.717, 1.165) is 12.5 Å². The molecule has 11 heteroatoms. The minimum atomic E-state index is -4.49. The Kier molecular flexibility index (Phi) is 10.2. The molecule has 2 rings (SSSR count). The molecule has 0 saturated heterocycles. The predicted octanol–water partition coefficient (Wildman–Crippen LogP) is 4.35. The fraction of sp³-hybridized carbons (Fsp3) is 0.375. The Hall–Kier alpha value is -1.27. The normalized spacial score (nSPS) is 11.8. The number of halogens is 5. The summed E-state index contributed by atoms with van der Waals surface area (Å²) in [4.78, 5) is 9.01. The Balaban J connectivity index is 0.00000364. The summed E-state index contributed by atoms with van der Waals surface area (Å²) < 4.78 is 42.9. The van der Waals surface area contributed by atoms with Crippen LogP contribution in [0.5, 0.6) is 5.88 Å². The molecule has 0 atom stereocenters. The van der Waals surface area contributed by atoms with Crippen LogP contribution in [0.15, 0.2) is 34.8 Å². The number of hydrogen-bond donors (Lipinski definition) is 2. The first-order valence-electron chi connectivity index (χ1n) is 7.78. The Morgan fingerprint density at radius 2 is 2.19 bits per heavy atom. The molecule has 0 bridgehead atoms. The van der Waals surface area contributed by atoms with E-state index < -0.39 is 11.7 Å². The highest BCUT2D eigenvalue weighted by Gasteiger charge is 2.31. The maximum absolute atomic E-state index is 12.5. The lowest BCUT2D eigenvalue weighted by Crippen LogP contribution is -2.33. The van der Waals surface area contributed by atoms with E-state index in [-0.39, 0.29) is 41.5 Å². The lowest BCUT2D eigenvalue weighted by Gasteiger charge is -2.10. The molecule has 2 aromatic rings. The second-order valence-corrected chi connectivity index (χ2v) is 6.67. The van der Waals surface area contributed by atoms with Gasteiger partial charge in [-0.2, -0.15) is 13.2 Å². The van der Waals surface area contributed by atoms with E-state index in [4.69, 9.17) is 22.1 Å². The minimum Gasteiger partial charge on any atom is -0.477 e. The van der Waals surface area contributed by atoms with Crippen molar-refractivity contribution in [1.82, 2.24) is 10.3 Å². The highest BCUT2D eigenvalue weighted by atomic mass is 127. The highest BCUT2D eigenvalue weighted by molar-refractivity contribution is 14.0. The smallest absolute Gasteiger partial charge is 0.417 e. The van der Waals surface area contributed by atoms with Gasteiger partial charge in [-0.1, -0.05) is 17.7 Å². The van der Waals surface area contributed by atoms with Crippen LogP contribution in [0.3, 0.4) is 0 Å². The lowest BCUT2D eigenvalue weighted by molar-refractivity contribution is -0.137. The number of aromatic nitrogens is 1. The molecule has 0 spiro atoms. The van der Waals surface area contributed by atoms with E-state index >= 15 is 0 Å². The van der Waals surface area contributed by atoms with E-state index in [1.807, 2.05) is 11.4 Å². The summed E-state index contributed by atoms with van der Waals surface area (Å²) in [6.45, 7) is 1.32. The van der Waals surface area contributed by atoms with E-state index in [2.05, 4.69) is 21.4 Å². The molecule has 3 N–H and O–H groups in total. The molecule has 0 amide bonds. The number of guanidine groups is 1. The summed E-state index contributed by atoms with van der Waals surface area (Å²) in [5, 5.41) is 4.85. The van der Waals surface area contributed by atoms with Gasteiger partial charge in [-0.3, -0.25) is 4.99 Å². The number of thiophene rings is 1. The Morgan fingerprint density at radius 3 is 2.81 bits per heavy atom. The predicted molar refractivity (Wildman–Crippen MR) is 112 cm³/mol. The first kappa shape index (κ1) is 23.8. The van der Waals surface area contributed by atoms with Crippen molar-refractivity contribution in [3.8, 4) is 5.88 Å². The summed E-state index contributed by atoms with van der Waals surface area (Å²) in [5.74, 6) is 0.304. The number of hydrogen-bond acceptors (Lipinski definition) is 4. The molecule has 0 fully saturated rings. The number of nitrogens with one attached hydrogen (secondary N) is 1. The molecule has 0 aliphatic heterocycles. The van der Waals surface area contributed by atoms with E-state index in [1.165, 1.54) is 4.88 Å². The number of ether oxygens (including phenoxy) is 1. The summed E-state index contributed by atoms with van der Waals surface area (Å²) in [6.07, 6.45) is -2.41. The molecule has 0 radical (unpaired) electrons. The third-order valence-corrected chi connectivity index (χ3v) is 4.42. The number of aliphatic imine (C=N–C) groups is 1. The van der Waals surface area contributed by atoms with Gasteiger partial charge in [-0.15, -0.1) is 35.3 Å². The summed E-state index contributed by atoms with van der Waals surface area (Å²) in [5.41, 5.74) is 4.83. The molecule has 0 unspecified atom stereocenters. The largest absolute Gasteiger partial charge is 0.477 e. The van der Waals surface area contributed by atoms with Crippen molar-refractivity contribution in [1.29, 1.82) is 0 Å². The second-order valence-electron chi connectivity index (χ2n) is 5.23. The van der Waals surface area contributed by atoms with Gasteiger partial charge in [-0.25, -0.2) is 4.98 Å². The zero-order valence-corrected chi connectivity index (χ0v) is 18.0. The van der Waals surface area contributed by atoms with Crippen LogP contribution in [-0.4, -0.2) is 30.6 Å². The number of pyridine rings is 1. The van der Waals surface area contributed by atoms with E-state index in [1.54, 1.807) is 11.3 Å². The third kappa shape index (κ3) is 8.52. The summed E-state index contributed by atoms with van der Waals surface area (Å²) in [7, 11) is 0. The van der Waals surface area contributed by atoms with Crippen LogP contribution in [0.1, 0.15) is 16.9 Å². The first-order valence-corrected chi connectivity index (χ1v) is 9.03. The molecule has 27 heavy (non-hydrogen) atoms. The minimum absolute atomic E-state index is 0. The Morgan fingerprint density at radius 1 is 1.41 bits per heavy atom. The van der Waals surface area contributed by atoms with Gasteiger partial charge in [0.25, 0.3) is 0 Å². The molecule has 2 aromatic heterocycles. The molecule has 150 valence electrons. The van der Waals surface area contributed by atoms with Gasteiger partial charge in [0.1, 0.15) is 5.02 Å². The van der Waals surface area contributed by atoms with Crippen molar-refractivity contribution >= 4 is 52.9 Å². The van der Waals surface area contributed by atoms with Crippen molar-refractivity contribution in [3.63, 3.8) is 0 Å². The van der Waals surface area contributed by atoms with Gasteiger partial charge in [-0.05, 0) is 23.9 Å². The van der Waals surface area contributed by atoms with Crippen molar-refractivity contribution in [2.75, 3.05) is 19.7 Å². The molecular formula is C16H19ClF3IN4OS. The van der Waals surface area contributed by atoms with Gasteiger partial charge >= 0.3 is 6.18 Å². The van der Waals surface area contributed by atoms with Crippen LogP contribution in [-0.2, 0) is 12.6 Å². The van der Waals surface area contributed by atoms with Gasteiger partial charge in [0, 0.05) is 30.6 Å². The Bertz CT molecular complexity index is 729. The number of alkyl halides is 3. The second kappa shape index (κ2) is 11.5. The zero-order chi connectivity index (χ0) is 19.0. The third-order valence-electron chi connectivity index (χ3n) is 3.22. The topological polar surface area (TPSA) is 72.5 Å². The molecule has 0 saturated carbocycles.